The third-order valence-corrected chi connectivity index (χ3v) is 3.33. The average molecular weight is 316 g/mol. The summed E-state index contributed by atoms with van der Waals surface area (Å²) in [5.41, 5.74) is 6.41. The quantitative estimate of drug-likeness (QED) is 0.850. The van der Waals surface area contributed by atoms with E-state index in [2.05, 4.69) is 5.32 Å². The molecule has 0 aliphatic carbocycles. The van der Waals surface area contributed by atoms with Gasteiger partial charge in [-0.05, 0) is 42.0 Å². The van der Waals surface area contributed by atoms with E-state index >= 15 is 0 Å². The summed E-state index contributed by atoms with van der Waals surface area (Å²) < 4.78 is 18.0. The Morgan fingerprint density at radius 3 is 2.52 bits per heavy atom. The number of ether oxygens (including phenoxy) is 1. The van der Waals surface area contributed by atoms with Gasteiger partial charge in [0, 0.05) is 12.0 Å². The molecular weight excluding hydrogens is 299 g/mol. The van der Waals surface area contributed by atoms with Crippen LogP contribution in [0.2, 0.25) is 0 Å². The molecule has 0 heterocycles. The van der Waals surface area contributed by atoms with Gasteiger partial charge < -0.3 is 15.8 Å². The standard InChI is InChI=1S/C17H17FN2O3/c1-23-14-4-2-3-11(9-14)10-15(16(19)21)20-17(22)12-5-7-13(18)8-6-12/h2-9,15H,10H2,1H3,(H2,19,21)(H,20,22)/t15-/m0/s1. The lowest BCUT2D eigenvalue weighted by Gasteiger charge is -2.16. The molecule has 0 spiro atoms. The second-order valence-electron chi connectivity index (χ2n) is 4.99. The number of carbonyl (C=O) groups is 2. The second kappa shape index (κ2) is 7.40. The summed E-state index contributed by atoms with van der Waals surface area (Å²) in [6.07, 6.45) is 0.236. The predicted molar refractivity (Wildman–Crippen MR) is 83.5 cm³/mol. The van der Waals surface area contributed by atoms with Crippen LogP contribution in [0.4, 0.5) is 4.39 Å². The lowest BCUT2D eigenvalue weighted by atomic mass is 10.0. The Balaban J connectivity index is 2.10. The van der Waals surface area contributed by atoms with Crippen LogP contribution >= 0.6 is 0 Å². The molecule has 2 rings (SSSR count). The van der Waals surface area contributed by atoms with Gasteiger partial charge in [0.1, 0.15) is 17.6 Å². The summed E-state index contributed by atoms with van der Waals surface area (Å²) in [6.45, 7) is 0. The minimum absolute atomic E-state index is 0.236. The summed E-state index contributed by atoms with van der Waals surface area (Å²) in [5, 5.41) is 2.56. The molecule has 0 aliphatic rings. The molecule has 0 saturated carbocycles. The summed E-state index contributed by atoms with van der Waals surface area (Å²) in [5.74, 6) is -0.931. The van der Waals surface area contributed by atoms with E-state index in [1.54, 1.807) is 25.3 Å². The zero-order valence-corrected chi connectivity index (χ0v) is 12.6. The van der Waals surface area contributed by atoms with E-state index in [1.807, 2.05) is 6.07 Å². The van der Waals surface area contributed by atoms with Crippen LogP contribution in [0.3, 0.4) is 0 Å². The van der Waals surface area contributed by atoms with Crippen molar-refractivity contribution in [1.29, 1.82) is 0 Å². The van der Waals surface area contributed by atoms with Crippen LogP contribution in [0.1, 0.15) is 15.9 Å². The van der Waals surface area contributed by atoms with E-state index in [9.17, 15) is 14.0 Å². The van der Waals surface area contributed by atoms with Gasteiger partial charge in [0.15, 0.2) is 0 Å². The number of hydrogen-bond acceptors (Lipinski definition) is 3. The third kappa shape index (κ3) is 4.54. The number of carbonyl (C=O) groups excluding carboxylic acids is 2. The molecule has 2 amide bonds. The van der Waals surface area contributed by atoms with Crippen molar-refractivity contribution in [2.75, 3.05) is 7.11 Å². The summed E-state index contributed by atoms with van der Waals surface area (Å²) >= 11 is 0. The summed E-state index contributed by atoms with van der Waals surface area (Å²) in [4.78, 5) is 23.7. The highest BCUT2D eigenvalue weighted by atomic mass is 19.1. The number of halogens is 1. The number of rotatable bonds is 6. The summed E-state index contributed by atoms with van der Waals surface area (Å²) in [6, 6.07) is 11.3. The maximum Gasteiger partial charge on any atom is 0.251 e. The number of benzene rings is 2. The second-order valence-corrected chi connectivity index (χ2v) is 4.99. The first-order chi connectivity index (χ1) is 11.0. The van der Waals surface area contributed by atoms with Crippen molar-refractivity contribution in [3.63, 3.8) is 0 Å². The molecule has 0 saturated heterocycles. The Morgan fingerprint density at radius 1 is 1.22 bits per heavy atom. The molecule has 0 bridgehead atoms. The lowest BCUT2D eigenvalue weighted by molar-refractivity contribution is -0.119. The molecule has 2 aromatic carbocycles. The number of nitrogens with two attached hydrogens (primary N) is 1. The van der Waals surface area contributed by atoms with E-state index in [0.29, 0.717) is 5.75 Å². The van der Waals surface area contributed by atoms with Crippen molar-refractivity contribution >= 4 is 11.8 Å². The molecule has 5 nitrogen and oxygen atoms in total. The first kappa shape index (κ1) is 16.5. The minimum atomic E-state index is -0.875. The van der Waals surface area contributed by atoms with E-state index in [1.165, 1.54) is 24.3 Å². The minimum Gasteiger partial charge on any atom is -0.497 e. The molecule has 2 aromatic rings. The smallest absolute Gasteiger partial charge is 0.251 e. The van der Waals surface area contributed by atoms with Crippen LogP contribution in [0.5, 0.6) is 5.75 Å². The maximum atomic E-state index is 12.9. The van der Waals surface area contributed by atoms with E-state index in [0.717, 1.165) is 5.56 Å². The maximum absolute atomic E-state index is 12.9. The fourth-order valence-corrected chi connectivity index (χ4v) is 2.10. The van der Waals surface area contributed by atoms with E-state index in [-0.39, 0.29) is 12.0 Å². The van der Waals surface area contributed by atoms with Crippen molar-refractivity contribution in [2.45, 2.75) is 12.5 Å². The zero-order chi connectivity index (χ0) is 16.8. The van der Waals surface area contributed by atoms with Crippen LogP contribution < -0.4 is 15.8 Å². The number of amides is 2. The Morgan fingerprint density at radius 2 is 1.91 bits per heavy atom. The largest absolute Gasteiger partial charge is 0.497 e. The van der Waals surface area contributed by atoms with Crippen LogP contribution in [0.25, 0.3) is 0 Å². The van der Waals surface area contributed by atoms with Crippen LogP contribution in [0, 0.1) is 5.82 Å². The van der Waals surface area contributed by atoms with Crippen molar-refractivity contribution in [3.8, 4) is 5.75 Å². The molecule has 0 aliphatic heterocycles. The Kier molecular flexibility index (Phi) is 5.30. The first-order valence-corrected chi connectivity index (χ1v) is 6.98. The van der Waals surface area contributed by atoms with E-state index in [4.69, 9.17) is 10.5 Å². The molecule has 0 unspecified atom stereocenters. The molecule has 23 heavy (non-hydrogen) atoms. The Hall–Kier alpha value is -2.89. The number of primary amides is 1. The molecule has 0 radical (unpaired) electrons. The fourth-order valence-electron chi connectivity index (χ4n) is 2.10. The fraction of sp³-hybridized carbons (Fsp3) is 0.176. The highest BCUT2D eigenvalue weighted by molar-refractivity contribution is 5.97. The first-order valence-electron chi connectivity index (χ1n) is 6.98. The van der Waals surface area contributed by atoms with E-state index < -0.39 is 23.7 Å². The Bertz CT molecular complexity index is 701. The molecule has 1 atom stereocenters. The highest BCUT2D eigenvalue weighted by Crippen LogP contribution is 2.14. The van der Waals surface area contributed by atoms with Crippen molar-refractivity contribution in [1.82, 2.24) is 5.32 Å². The van der Waals surface area contributed by atoms with Crippen LogP contribution in [-0.4, -0.2) is 25.0 Å². The van der Waals surface area contributed by atoms with Crippen molar-refractivity contribution in [2.24, 2.45) is 5.73 Å². The topological polar surface area (TPSA) is 81.4 Å². The van der Waals surface area contributed by atoms with Gasteiger partial charge in [0.05, 0.1) is 7.11 Å². The third-order valence-electron chi connectivity index (χ3n) is 3.33. The molecular formula is C17H17FN2O3. The molecule has 120 valence electrons. The Labute approximate surface area is 133 Å². The van der Waals surface area contributed by atoms with Gasteiger partial charge in [-0.25, -0.2) is 4.39 Å². The van der Waals surface area contributed by atoms with Crippen LogP contribution in [-0.2, 0) is 11.2 Å². The normalized spacial score (nSPS) is 11.6. The monoisotopic (exact) mass is 316 g/mol. The molecule has 3 N–H and O–H groups in total. The molecule has 0 aromatic heterocycles. The van der Waals surface area contributed by atoms with Crippen molar-refractivity contribution in [3.05, 3.63) is 65.5 Å². The SMILES string of the molecule is COc1cccc(C[C@H](NC(=O)c2ccc(F)cc2)C(N)=O)c1. The lowest BCUT2D eigenvalue weighted by Crippen LogP contribution is -2.45. The molecule has 0 fully saturated rings. The predicted octanol–water partition coefficient (Wildman–Crippen LogP) is 1.66. The molecule has 6 heteroatoms. The van der Waals surface area contributed by atoms with Crippen LogP contribution in [0.15, 0.2) is 48.5 Å². The van der Waals surface area contributed by atoms with Gasteiger partial charge in [-0.15, -0.1) is 0 Å². The number of methoxy groups -OCH3 is 1. The van der Waals surface area contributed by atoms with Gasteiger partial charge in [-0.3, -0.25) is 9.59 Å². The van der Waals surface area contributed by atoms with Gasteiger partial charge in [0.2, 0.25) is 5.91 Å². The van der Waals surface area contributed by atoms with Gasteiger partial charge >= 0.3 is 0 Å². The number of hydrogen-bond donors (Lipinski definition) is 2. The van der Waals surface area contributed by atoms with Gasteiger partial charge in [-0.2, -0.15) is 0 Å². The highest BCUT2D eigenvalue weighted by Gasteiger charge is 2.19. The summed E-state index contributed by atoms with van der Waals surface area (Å²) in [7, 11) is 1.54. The van der Waals surface area contributed by atoms with Gasteiger partial charge in [0.25, 0.3) is 5.91 Å². The number of nitrogens with one attached hydrogen (secondary N) is 1. The van der Waals surface area contributed by atoms with Crippen molar-refractivity contribution < 1.29 is 18.7 Å². The zero-order valence-electron chi connectivity index (χ0n) is 12.6. The average Bonchev–Trinajstić information content (AvgIpc) is 2.54. The van der Waals surface area contributed by atoms with Gasteiger partial charge in [-0.1, -0.05) is 12.1 Å².